The van der Waals surface area contributed by atoms with Crippen molar-refractivity contribution in [3.63, 3.8) is 0 Å². The highest BCUT2D eigenvalue weighted by Gasteiger charge is 2.65. The molecule has 5 heteroatoms. The number of hydrogen-bond acceptors (Lipinski definition) is 5. The van der Waals surface area contributed by atoms with Crippen molar-refractivity contribution in [3.05, 3.63) is 11.6 Å². The number of nitrogens with zero attached hydrogens (tertiary/aromatic N) is 1. The van der Waals surface area contributed by atoms with E-state index in [1.54, 1.807) is 0 Å². The standard InChI is InChI=1S/C25H33NO4/c1-5-24-13-11-21-20-10-8-19(26-30-17(4)28)15-18(20)7-9-22(21)23(24)12-14-25(24,6-2)29-16(3)27/h2,15,20-23H,5,7-14H2,1,3-4H3/b26-19+/t20-,21+,22+,23-,24-,25-/m0/s1/i7D2,8D2,15D,20D. The van der Waals surface area contributed by atoms with Crippen LogP contribution in [0.15, 0.2) is 16.8 Å². The van der Waals surface area contributed by atoms with Gasteiger partial charge in [0.15, 0.2) is 5.60 Å². The van der Waals surface area contributed by atoms with E-state index in [2.05, 4.69) is 15.9 Å². The van der Waals surface area contributed by atoms with Gasteiger partial charge in [-0.3, -0.25) is 4.79 Å². The third kappa shape index (κ3) is 3.20. The number of allylic oxidation sites excluding steroid dienone is 2. The Kier molecular flexibility index (Phi) is 3.89. The Morgan fingerprint density at radius 2 is 2.07 bits per heavy atom. The van der Waals surface area contributed by atoms with Crippen LogP contribution in [-0.4, -0.2) is 23.3 Å². The molecule has 4 aliphatic carbocycles. The van der Waals surface area contributed by atoms with Gasteiger partial charge in [-0.15, -0.1) is 6.42 Å². The number of fused-ring (bicyclic) bond motifs is 5. The average Bonchev–Trinajstić information content (AvgIpc) is 3.06. The van der Waals surface area contributed by atoms with Gasteiger partial charge >= 0.3 is 11.9 Å². The quantitative estimate of drug-likeness (QED) is 0.286. The van der Waals surface area contributed by atoms with Crippen molar-refractivity contribution < 1.29 is 27.4 Å². The molecule has 4 aliphatic rings. The molecule has 3 saturated carbocycles. The number of carbonyl (C=O) groups excluding carboxylic acids is 2. The maximum absolute atomic E-state index is 12.0. The van der Waals surface area contributed by atoms with E-state index in [9.17, 15) is 11.0 Å². The van der Waals surface area contributed by atoms with E-state index >= 15 is 0 Å². The van der Waals surface area contributed by atoms with Crippen molar-refractivity contribution in [1.82, 2.24) is 0 Å². The third-order valence-electron chi connectivity index (χ3n) is 7.68. The van der Waals surface area contributed by atoms with Crippen LogP contribution >= 0.6 is 0 Å². The molecule has 0 aromatic carbocycles. The van der Waals surface area contributed by atoms with Gasteiger partial charge in [0.1, 0.15) is 0 Å². The molecule has 0 bridgehead atoms. The van der Waals surface area contributed by atoms with Gasteiger partial charge in [0, 0.05) is 26.1 Å². The first-order valence-electron chi connectivity index (χ1n) is 13.8. The lowest BCUT2D eigenvalue weighted by Gasteiger charge is -2.56. The topological polar surface area (TPSA) is 65.0 Å². The maximum atomic E-state index is 12.0. The Bertz CT molecular complexity index is 1100. The van der Waals surface area contributed by atoms with Crippen LogP contribution in [0.5, 0.6) is 0 Å². The van der Waals surface area contributed by atoms with Gasteiger partial charge < -0.3 is 9.57 Å². The monoisotopic (exact) mass is 417 g/mol. The minimum absolute atomic E-state index is 0.0486. The van der Waals surface area contributed by atoms with Crippen molar-refractivity contribution in [2.45, 2.75) is 84.1 Å². The number of esters is 1. The summed E-state index contributed by atoms with van der Waals surface area (Å²) in [5, 5.41) is 3.57. The first-order valence-corrected chi connectivity index (χ1v) is 10.8. The zero-order chi connectivity index (χ0) is 26.9. The molecule has 0 spiro atoms. The number of ether oxygens (including phenoxy) is 1. The maximum Gasteiger partial charge on any atom is 0.331 e. The molecular formula is C25H33NO4. The van der Waals surface area contributed by atoms with E-state index in [0.29, 0.717) is 32.1 Å². The SMILES string of the molecule is [2H]C1=C2C([2H])([2H])C[C@H]3[C@@H]4CC[C@](C#C)(OC(C)=O)[C@@]4(CC)CC[C@@H]3[C@@]2([2H])CC([2H])([2H])/C1=N\OC(C)=O. The summed E-state index contributed by atoms with van der Waals surface area (Å²) in [6.45, 7) is 4.45. The molecule has 0 aliphatic heterocycles. The fourth-order valence-electron chi connectivity index (χ4n) is 6.56. The van der Waals surface area contributed by atoms with Crippen LogP contribution in [0.2, 0.25) is 0 Å². The van der Waals surface area contributed by atoms with Gasteiger partial charge in [-0.25, -0.2) is 4.79 Å². The molecule has 6 atom stereocenters. The van der Waals surface area contributed by atoms with Crippen molar-refractivity contribution >= 4 is 17.7 Å². The zero-order valence-electron chi connectivity index (χ0n) is 23.8. The van der Waals surface area contributed by atoms with E-state index in [4.69, 9.17) is 18.0 Å². The molecule has 0 aromatic heterocycles. The fourth-order valence-corrected chi connectivity index (χ4v) is 6.56. The van der Waals surface area contributed by atoms with Crippen LogP contribution in [0, 0.1) is 41.4 Å². The predicted molar refractivity (Wildman–Crippen MR) is 114 cm³/mol. The predicted octanol–water partition coefficient (Wildman–Crippen LogP) is 4.80. The molecule has 0 amide bonds. The van der Waals surface area contributed by atoms with E-state index in [0.717, 1.165) is 6.92 Å². The van der Waals surface area contributed by atoms with Crippen molar-refractivity contribution in [2.24, 2.45) is 34.2 Å². The van der Waals surface area contributed by atoms with Gasteiger partial charge in [-0.2, -0.15) is 0 Å². The van der Waals surface area contributed by atoms with Gasteiger partial charge in [-0.1, -0.05) is 23.6 Å². The summed E-state index contributed by atoms with van der Waals surface area (Å²) >= 11 is 0. The molecule has 0 radical (unpaired) electrons. The molecule has 3 fully saturated rings. The zero-order valence-corrected chi connectivity index (χ0v) is 17.8. The van der Waals surface area contributed by atoms with Crippen LogP contribution in [0.4, 0.5) is 0 Å². The highest BCUT2D eigenvalue weighted by Crippen LogP contribution is 2.67. The van der Waals surface area contributed by atoms with Gasteiger partial charge in [0.2, 0.25) is 0 Å². The smallest absolute Gasteiger partial charge is 0.331 e. The highest BCUT2D eigenvalue weighted by molar-refractivity contribution is 5.96. The Hall–Kier alpha value is -2.09. The molecule has 0 aromatic rings. The molecular weight excluding hydrogens is 378 g/mol. The molecule has 162 valence electrons. The third-order valence-corrected chi connectivity index (χ3v) is 7.68. The van der Waals surface area contributed by atoms with Gasteiger partial charge in [0.25, 0.3) is 0 Å². The second kappa shape index (κ2) is 7.87. The van der Waals surface area contributed by atoms with Crippen LogP contribution in [0.25, 0.3) is 0 Å². The number of carbonyl (C=O) groups is 2. The molecule has 0 heterocycles. The molecule has 0 N–H and O–H groups in total. The summed E-state index contributed by atoms with van der Waals surface area (Å²) in [6.07, 6.45) is 4.07. The number of hydrogen-bond donors (Lipinski definition) is 0. The van der Waals surface area contributed by atoms with Crippen LogP contribution in [-0.2, 0) is 19.2 Å². The van der Waals surface area contributed by atoms with E-state index in [-0.39, 0.29) is 23.8 Å². The normalized spacial score (nSPS) is 50.1. The van der Waals surface area contributed by atoms with Crippen LogP contribution in [0.3, 0.4) is 0 Å². The Labute approximate surface area is 188 Å². The van der Waals surface area contributed by atoms with E-state index < -0.39 is 65.7 Å². The first-order chi connectivity index (χ1) is 16.6. The summed E-state index contributed by atoms with van der Waals surface area (Å²) in [4.78, 5) is 28.0. The van der Waals surface area contributed by atoms with Crippen molar-refractivity contribution in [3.8, 4) is 12.3 Å². The van der Waals surface area contributed by atoms with Crippen molar-refractivity contribution in [1.29, 1.82) is 0 Å². The van der Waals surface area contributed by atoms with Crippen molar-refractivity contribution in [2.75, 3.05) is 0 Å². The molecule has 4 rings (SSSR count). The summed E-state index contributed by atoms with van der Waals surface area (Å²) in [6, 6.07) is -0.498. The van der Waals surface area contributed by atoms with E-state index in [1.165, 1.54) is 6.92 Å². The fraction of sp³-hybridized carbons (Fsp3) is 0.720. The largest absolute Gasteiger partial charge is 0.445 e. The second-order valence-electron chi connectivity index (χ2n) is 8.81. The lowest BCUT2D eigenvalue weighted by molar-refractivity contribution is -0.170. The summed E-state index contributed by atoms with van der Waals surface area (Å²) < 4.78 is 59.2. The summed E-state index contributed by atoms with van der Waals surface area (Å²) in [7, 11) is 0. The molecule has 0 saturated heterocycles. The lowest BCUT2D eigenvalue weighted by atomic mass is 9.49. The second-order valence-corrected chi connectivity index (χ2v) is 8.81. The Morgan fingerprint density at radius 1 is 1.27 bits per heavy atom. The highest BCUT2D eigenvalue weighted by atomic mass is 16.7. The van der Waals surface area contributed by atoms with Gasteiger partial charge in [0.05, 0.1) is 7.08 Å². The first kappa shape index (κ1) is 14.8. The summed E-state index contributed by atoms with van der Waals surface area (Å²) in [5.74, 6) is -0.923. The average molecular weight is 418 g/mol. The number of terminal acetylenes is 1. The molecule has 5 nitrogen and oxygen atoms in total. The minimum atomic E-state index is -2.26. The van der Waals surface area contributed by atoms with E-state index in [1.807, 2.05) is 6.92 Å². The minimum Gasteiger partial charge on any atom is -0.445 e. The Morgan fingerprint density at radius 3 is 2.73 bits per heavy atom. The number of oxime groups is 1. The molecule has 30 heavy (non-hydrogen) atoms. The lowest BCUT2D eigenvalue weighted by Crippen LogP contribution is -2.55. The number of rotatable bonds is 3. The van der Waals surface area contributed by atoms with Gasteiger partial charge in [-0.05, 0) is 87.4 Å². The van der Waals surface area contributed by atoms with Crippen LogP contribution in [0.1, 0.15) is 86.7 Å². The molecule has 0 unspecified atom stereocenters. The Balaban J connectivity index is 1.84. The summed E-state index contributed by atoms with van der Waals surface area (Å²) in [5.41, 5.74) is -2.20. The van der Waals surface area contributed by atoms with Crippen LogP contribution < -0.4 is 0 Å².